The molecular weight excluding hydrogens is 218 g/mol. The van der Waals surface area contributed by atoms with Crippen LogP contribution >= 0.6 is 0 Å². The number of aliphatic hydroxyl groups is 1. The molecule has 0 aromatic heterocycles. The molecule has 3 N–H and O–H groups in total. The Hall–Kier alpha value is -1.39. The molecule has 94 valence electrons. The van der Waals surface area contributed by atoms with Crippen LogP contribution in [0.3, 0.4) is 0 Å². The van der Waals surface area contributed by atoms with Crippen LogP contribution in [-0.2, 0) is 11.2 Å². The summed E-state index contributed by atoms with van der Waals surface area (Å²) < 4.78 is 0. The standard InChI is InChI=1S/C13H19NO3/c1-10-5-3-4-6-11(10)7-8-14-9-13(2,17)12(15)16/h3-6,14,17H,7-9H2,1-2H3,(H,15,16). The second kappa shape index (κ2) is 5.80. The summed E-state index contributed by atoms with van der Waals surface area (Å²) in [6.45, 7) is 4.03. The van der Waals surface area contributed by atoms with Gasteiger partial charge in [-0.3, -0.25) is 0 Å². The van der Waals surface area contributed by atoms with Gasteiger partial charge in [-0.25, -0.2) is 4.79 Å². The SMILES string of the molecule is Cc1ccccc1CCNCC(C)(O)C(=O)O. The van der Waals surface area contributed by atoms with E-state index in [1.54, 1.807) is 0 Å². The Bertz CT molecular complexity index is 388. The number of benzene rings is 1. The van der Waals surface area contributed by atoms with Crippen molar-refractivity contribution in [2.45, 2.75) is 25.9 Å². The average molecular weight is 237 g/mol. The highest BCUT2D eigenvalue weighted by Crippen LogP contribution is 2.07. The summed E-state index contributed by atoms with van der Waals surface area (Å²) in [6, 6.07) is 8.06. The summed E-state index contributed by atoms with van der Waals surface area (Å²) in [5.41, 5.74) is 0.750. The highest BCUT2D eigenvalue weighted by Gasteiger charge is 2.28. The molecule has 0 aliphatic rings. The quantitative estimate of drug-likeness (QED) is 0.645. The minimum Gasteiger partial charge on any atom is -0.479 e. The Labute approximate surface area is 101 Å². The molecule has 0 radical (unpaired) electrons. The van der Waals surface area contributed by atoms with E-state index in [2.05, 4.69) is 5.32 Å². The fourth-order valence-corrected chi connectivity index (χ4v) is 1.52. The molecule has 1 aromatic carbocycles. The molecule has 1 unspecified atom stereocenters. The first-order valence-electron chi connectivity index (χ1n) is 5.64. The maximum Gasteiger partial charge on any atom is 0.336 e. The van der Waals surface area contributed by atoms with Crippen molar-refractivity contribution in [3.63, 3.8) is 0 Å². The molecule has 1 aromatic rings. The second-order valence-corrected chi connectivity index (χ2v) is 4.43. The van der Waals surface area contributed by atoms with E-state index in [-0.39, 0.29) is 6.54 Å². The summed E-state index contributed by atoms with van der Waals surface area (Å²) in [5, 5.41) is 21.1. The fourth-order valence-electron chi connectivity index (χ4n) is 1.52. The molecule has 1 atom stereocenters. The summed E-state index contributed by atoms with van der Waals surface area (Å²) in [4.78, 5) is 10.6. The van der Waals surface area contributed by atoms with Gasteiger partial charge in [0.1, 0.15) is 0 Å². The van der Waals surface area contributed by atoms with E-state index < -0.39 is 11.6 Å². The van der Waals surface area contributed by atoms with Crippen LogP contribution in [0.25, 0.3) is 0 Å². The van der Waals surface area contributed by atoms with Crippen molar-refractivity contribution in [2.75, 3.05) is 13.1 Å². The molecule has 0 saturated heterocycles. The lowest BCUT2D eigenvalue weighted by atomic mass is 10.1. The maximum atomic E-state index is 10.6. The van der Waals surface area contributed by atoms with Crippen molar-refractivity contribution in [1.82, 2.24) is 5.32 Å². The van der Waals surface area contributed by atoms with E-state index in [0.717, 1.165) is 6.42 Å². The summed E-state index contributed by atoms with van der Waals surface area (Å²) in [6.07, 6.45) is 0.822. The zero-order valence-electron chi connectivity index (χ0n) is 10.2. The van der Waals surface area contributed by atoms with E-state index in [9.17, 15) is 9.90 Å². The number of aliphatic carboxylic acids is 1. The third-order valence-corrected chi connectivity index (χ3v) is 2.76. The number of carboxylic acid groups (broad SMARTS) is 1. The number of hydrogen-bond acceptors (Lipinski definition) is 3. The minimum atomic E-state index is -1.70. The molecule has 17 heavy (non-hydrogen) atoms. The molecule has 0 spiro atoms. The first-order valence-corrected chi connectivity index (χ1v) is 5.64. The molecule has 0 heterocycles. The Morgan fingerprint density at radius 3 is 2.65 bits per heavy atom. The van der Waals surface area contributed by atoms with E-state index in [1.807, 2.05) is 31.2 Å². The molecule has 4 heteroatoms. The molecule has 0 saturated carbocycles. The Kier molecular flexibility index (Phi) is 4.66. The zero-order valence-corrected chi connectivity index (χ0v) is 10.2. The summed E-state index contributed by atoms with van der Waals surface area (Å²) in [5.74, 6) is -1.21. The Balaban J connectivity index is 2.35. The van der Waals surface area contributed by atoms with Gasteiger partial charge in [0.05, 0.1) is 0 Å². The number of hydrogen-bond donors (Lipinski definition) is 3. The van der Waals surface area contributed by atoms with Crippen molar-refractivity contribution >= 4 is 5.97 Å². The summed E-state index contributed by atoms with van der Waals surface area (Å²) >= 11 is 0. The molecule has 0 aliphatic heterocycles. The van der Waals surface area contributed by atoms with Gasteiger partial charge in [0.25, 0.3) is 0 Å². The maximum absolute atomic E-state index is 10.6. The first-order chi connectivity index (χ1) is 7.93. The lowest BCUT2D eigenvalue weighted by molar-refractivity contribution is -0.156. The number of carboxylic acids is 1. The minimum absolute atomic E-state index is 0.0498. The fraction of sp³-hybridized carbons (Fsp3) is 0.462. The molecular formula is C13H19NO3. The molecule has 0 fully saturated rings. The lowest BCUT2D eigenvalue weighted by Crippen LogP contribution is -2.45. The van der Waals surface area contributed by atoms with Crippen LogP contribution in [0, 0.1) is 6.92 Å². The van der Waals surface area contributed by atoms with Crippen LogP contribution in [0.2, 0.25) is 0 Å². The Morgan fingerprint density at radius 2 is 2.06 bits per heavy atom. The van der Waals surface area contributed by atoms with Gasteiger partial charge in [0.15, 0.2) is 5.60 Å². The number of nitrogens with one attached hydrogen (secondary N) is 1. The monoisotopic (exact) mass is 237 g/mol. The third-order valence-electron chi connectivity index (χ3n) is 2.76. The molecule has 4 nitrogen and oxygen atoms in total. The van der Waals surface area contributed by atoms with E-state index in [4.69, 9.17) is 5.11 Å². The van der Waals surface area contributed by atoms with Gasteiger partial charge in [-0.1, -0.05) is 24.3 Å². The largest absolute Gasteiger partial charge is 0.479 e. The lowest BCUT2D eigenvalue weighted by Gasteiger charge is -2.18. The van der Waals surface area contributed by atoms with Crippen molar-refractivity contribution in [3.8, 4) is 0 Å². The molecule has 0 aliphatic carbocycles. The van der Waals surface area contributed by atoms with Gasteiger partial charge in [0.2, 0.25) is 0 Å². The van der Waals surface area contributed by atoms with E-state index in [0.29, 0.717) is 6.54 Å². The third kappa shape index (κ3) is 4.17. The molecule has 0 bridgehead atoms. The van der Waals surface area contributed by atoms with Crippen LogP contribution in [-0.4, -0.2) is 34.9 Å². The van der Waals surface area contributed by atoms with Gasteiger partial charge >= 0.3 is 5.97 Å². The highest BCUT2D eigenvalue weighted by molar-refractivity contribution is 5.76. The second-order valence-electron chi connectivity index (χ2n) is 4.43. The normalized spacial score (nSPS) is 14.3. The van der Waals surface area contributed by atoms with Crippen LogP contribution in [0.5, 0.6) is 0 Å². The predicted octanol–water partition coefficient (Wildman–Crippen LogP) is 0.963. The topological polar surface area (TPSA) is 69.6 Å². The number of aryl methyl sites for hydroxylation is 1. The van der Waals surface area contributed by atoms with Crippen molar-refractivity contribution in [3.05, 3.63) is 35.4 Å². The van der Waals surface area contributed by atoms with Crippen molar-refractivity contribution in [2.24, 2.45) is 0 Å². The molecule has 0 amide bonds. The van der Waals surface area contributed by atoms with Crippen LogP contribution < -0.4 is 5.32 Å². The van der Waals surface area contributed by atoms with Crippen molar-refractivity contribution in [1.29, 1.82) is 0 Å². The van der Waals surface area contributed by atoms with Gasteiger partial charge in [-0.15, -0.1) is 0 Å². The van der Waals surface area contributed by atoms with Crippen molar-refractivity contribution < 1.29 is 15.0 Å². The van der Waals surface area contributed by atoms with Gasteiger partial charge in [-0.05, 0) is 37.9 Å². The van der Waals surface area contributed by atoms with Gasteiger partial charge in [0, 0.05) is 6.54 Å². The number of rotatable bonds is 6. The smallest absolute Gasteiger partial charge is 0.336 e. The van der Waals surface area contributed by atoms with Crippen LogP contribution in [0.4, 0.5) is 0 Å². The van der Waals surface area contributed by atoms with Gasteiger partial charge < -0.3 is 15.5 Å². The van der Waals surface area contributed by atoms with E-state index >= 15 is 0 Å². The van der Waals surface area contributed by atoms with Gasteiger partial charge in [-0.2, -0.15) is 0 Å². The van der Waals surface area contributed by atoms with Crippen LogP contribution in [0.15, 0.2) is 24.3 Å². The first kappa shape index (κ1) is 13.7. The molecule has 1 rings (SSSR count). The predicted molar refractivity (Wildman–Crippen MR) is 66.0 cm³/mol. The zero-order chi connectivity index (χ0) is 12.9. The Morgan fingerprint density at radius 1 is 1.41 bits per heavy atom. The summed E-state index contributed by atoms with van der Waals surface area (Å²) in [7, 11) is 0. The van der Waals surface area contributed by atoms with Crippen LogP contribution in [0.1, 0.15) is 18.1 Å². The highest BCUT2D eigenvalue weighted by atomic mass is 16.4. The van der Waals surface area contributed by atoms with E-state index in [1.165, 1.54) is 18.1 Å². The average Bonchev–Trinajstić information content (AvgIpc) is 2.26. The number of carbonyl (C=O) groups is 1.